The van der Waals surface area contributed by atoms with Gasteiger partial charge in [-0.15, -0.1) is 0 Å². The number of fused-ring (bicyclic) bond motifs is 1. The summed E-state index contributed by atoms with van der Waals surface area (Å²) < 4.78 is 32.2. The topological polar surface area (TPSA) is 74.2 Å². The third-order valence-electron chi connectivity index (χ3n) is 3.01. The summed E-state index contributed by atoms with van der Waals surface area (Å²) in [5.41, 5.74) is 0. The van der Waals surface area contributed by atoms with E-state index in [2.05, 4.69) is 0 Å². The lowest BCUT2D eigenvalue weighted by molar-refractivity contribution is -0.159. The van der Waals surface area contributed by atoms with Crippen molar-refractivity contribution in [1.82, 2.24) is 0 Å². The number of hydrogen-bond acceptors (Lipinski definition) is 5. The normalized spacial score (nSPS) is 39.8. The Morgan fingerprint density at radius 2 is 2.24 bits per heavy atom. The Balaban J connectivity index is 1.80. The van der Waals surface area contributed by atoms with Crippen molar-refractivity contribution in [3.05, 3.63) is 0 Å². The number of phosphoric acid groups is 1. The van der Waals surface area contributed by atoms with Gasteiger partial charge in [-0.3, -0.25) is 9.05 Å². The zero-order chi connectivity index (χ0) is 12.6. The van der Waals surface area contributed by atoms with Crippen LogP contribution in [0.1, 0.15) is 20.8 Å². The largest absolute Gasteiger partial charge is 0.472 e. The molecule has 0 radical (unpaired) electrons. The molecule has 5 atom stereocenters. The van der Waals surface area contributed by atoms with E-state index in [9.17, 15) is 9.46 Å². The summed E-state index contributed by atoms with van der Waals surface area (Å²) in [5, 5.41) is 0. The number of ether oxygens (including phenoxy) is 2. The van der Waals surface area contributed by atoms with Crippen molar-refractivity contribution < 1.29 is 28.0 Å². The molecule has 100 valence electrons. The second kappa shape index (κ2) is 4.96. The van der Waals surface area contributed by atoms with E-state index in [1.165, 1.54) is 0 Å². The van der Waals surface area contributed by atoms with E-state index >= 15 is 0 Å². The predicted molar refractivity (Wildman–Crippen MR) is 59.6 cm³/mol. The van der Waals surface area contributed by atoms with Crippen molar-refractivity contribution in [3.8, 4) is 0 Å². The molecule has 0 spiro atoms. The van der Waals surface area contributed by atoms with Crippen LogP contribution in [0.15, 0.2) is 0 Å². The Labute approximate surface area is 101 Å². The van der Waals surface area contributed by atoms with Crippen LogP contribution in [0.5, 0.6) is 0 Å². The molecule has 1 N–H and O–H groups in total. The second-order valence-electron chi connectivity index (χ2n) is 4.75. The lowest BCUT2D eigenvalue weighted by atomic mass is 9.88. The van der Waals surface area contributed by atoms with Gasteiger partial charge in [0, 0.05) is 5.92 Å². The summed E-state index contributed by atoms with van der Waals surface area (Å²) >= 11 is 0. The highest BCUT2D eigenvalue weighted by molar-refractivity contribution is 7.47. The number of hydrogen-bond donors (Lipinski definition) is 1. The van der Waals surface area contributed by atoms with Gasteiger partial charge in [0.2, 0.25) is 0 Å². The van der Waals surface area contributed by atoms with Gasteiger partial charge in [-0.05, 0) is 20.8 Å². The highest BCUT2D eigenvalue weighted by Crippen LogP contribution is 2.46. The molecular formula is C10H19O6P. The highest BCUT2D eigenvalue weighted by atomic mass is 31.2. The fraction of sp³-hybridized carbons (Fsp3) is 1.00. The molecule has 0 amide bonds. The molecule has 0 aromatic rings. The van der Waals surface area contributed by atoms with Crippen LogP contribution >= 0.6 is 7.82 Å². The smallest absolute Gasteiger partial charge is 0.373 e. The van der Waals surface area contributed by atoms with Gasteiger partial charge in [-0.25, -0.2) is 4.57 Å². The summed E-state index contributed by atoms with van der Waals surface area (Å²) in [5.74, 6) is 0.258. The van der Waals surface area contributed by atoms with Crippen molar-refractivity contribution in [2.75, 3.05) is 13.2 Å². The van der Waals surface area contributed by atoms with Gasteiger partial charge < -0.3 is 14.4 Å². The highest BCUT2D eigenvalue weighted by Gasteiger charge is 2.50. The van der Waals surface area contributed by atoms with E-state index in [-0.39, 0.29) is 36.9 Å². The van der Waals surface area contributed by atoms with Gasteiger partial charge in [0.05, 0.1) is 37.6 Å². The van der Waals surface area contributed by atoms with Crippen molar-refractivity contribution in [2.45, 2.75) is 45.2 Å². The monoisotopic (exact) mass is 266 g/mol. The van der Waals surface area contributed by atoms with Gasteiger partial charge in [0.15, 0.2) is 0 Å². The maximum atomic E-state index is 11.5. The van der Waals surface area contributed by atoms with E-state index in [1.54, 1.807) is 13.8 Å². The van der Waals surface area contributed by atoms with Crippen molar-refractivity contribution in [1.29, 1.82) is 0 Å². The van der Waals surface area contributed by atoms with E-state index in [4.69, 9.17) is 18.5 Å². The van der Waals surface area contributed by atoms with Crippen LogP contribution in [0.3, 0.4) is 0 Å². The van der Waals surface area contributed by atoms with Crippen LogP contribution in [0.4, 0.5) is 0 Å². The molecule has 2 fully saturated rings. The van der Waals surface area contributed by atoms with Gasteiger partial charge >= 0.3 is 7.82 Å². The van der Waals surface area contributed by atoms with Crippen LogP contribution in [-0.2, 0) is 23.1 Å². The van der Waals surface area contributed by atoms with E-state index < -0.39 is 7.82 Å². The SMILES string of the molecule is CC(C)OP(=O)(O)OC[C@H]1OC[C@@H]2O[C@H](C)C21. The summed E-state index contributed by atoms with van der Waals surface area (Å²) in [7, 11) is -3.96. The number of phosphoric ester groups is 1. The molecular weight excluding hydrogens is 247 g/mol. The Kier molecular flexibility index (Phi) is 3.92. The van der Waals surface area contributed by atoms with Crippen molar-refractivity contribution in [2.24, 2.45) is 5.92 Å². The zero-order valence-corrected chi connectivity index (χ0v) is 11.1. The molecule has 2 aliphatic heterocycles. The first kappa shape index (κ1) is 13.5. The molecule has 0 aliphatic carbocycles. The van der Waals surface area contributed by atoms with E-state index in [1.807, 2.05) is 6.92 Å². The molecule has 0 bridgehead atoms. The maximum Gasteiger partial charge on any atom is 0.472 e. The van der Waals surface area contributed by atoms with Crippen LogP contribution in [-0.4, -0.2) is 42.5 Å². The molecule has 0 aromatic carbocycles. The fourth-order valence-electron chi connectivity index (χ4n) is 2.32. The van der Waals surface area contributed by atoms with Crippen molar-refractivity contribution >= 4 is 7.82 Å². The molecule has 2 saturated heterocycles. The van der Waals surface area contributed by atoms with Crippen molar-refractivity contribution in [3.63, 3.8) is 0 Å². The predicted octanol–water partition coefficient (Wildman–Crippen LogP) is 1.33. The first-order valence-corrected chi connectivity index (χ1v) is 7.31. The van der Waals surface area contributed by atoms with Gasteiger partial charge in [-0.2, -0.15) is 0 Å². The lowest BCUT2D eigenvalue weighted by Gasteiger charge is -2.39. The molecule has 2 heterocycles. The maximum absolute atomic E-state index is 11.5. The molecule has 7 heteroatoms. The quantitative estimate of drug-likeness (QED) is 0.757. The average Bonchev–Trinajstić information content (AvgIpc) is 2.49. The minimum absolute atomic E-state index is 0.0648. The third kappa shape index (κ3) is 3.08. The molecule has 2 rings (SSSR count). The van der Waals surface area contributed by atoms with Gasteiger partial charge in [-0.1, -0.05) is 0 Å². The van der Waals surface area contributed by atoms with Gasteiger partial charge in [0.25, 0.3) is 0 Å². The Bertz CT molecular complexity index is 320. The first-order valence-electron chi connectivity index (χ1n) is 5.82. The Morgan fingerprint density at radius 1 is 1.53 bits per heavy atom. The number of rotatable bonds is 5. The molecule has 0 aromatic heterocycles. The average molecular weight is 266 g/mol. The standard InChI is InChI=1S/C10H19O6P/c1-6(2)16-17(11,12)14-5-8-10-7(3)15-9(10)4-13-8/h6-10H,4-5H2,1-3H3,(H,11,12)/t7-,8-,9+,10?/m1/s1. The molecule has 2 unspecified atom stereocenters. The minimum Gasteiger partial charge on any atom is -0.373 e. The third-order valence-corrected chi connectivity index (χ3v) is 4.17. The summed E-state index contributed by atoms with van der Waals surface area (Å²) in [6, 6.07) is 0. The van der Waals surface area contributed by atoms with Crippen LogP contribution < -0.4 is 0 Å². The van der Waals surface area contributed by atoms with Crippen LogP contribution in [0, 0.1) is 5.92 Å². The van der Waals surface area contributed by atoms with Crippen LogP contribution in [0.25, 0.3) is 0 Å². The zero-order valence-electron chi connectivity index (χ0n) is 10.2. The first-order chi connectivity index (χ1) is 7.89. The minimum atomic E-state index is -3.96. The van der Waals surface area contributed by atoms with Gasteiger partial charge in [0.1, 0.15) is 0 Å². The molecule has 17 heavy (non-hydrogen) atoms. The molecule has 2 aliphatic rings. The summed E-state index contributed by atoms with van der Waals surface area (Å²) in [4.78, 5) is 9.41. The Morgan fingerprint density at radius 3 is 2.82 bits per heavy atom. The lowest BCUT2D eigenvalue weighted by Crippen LogP contribution is -2.49. The summed E-state index contributed by atoms with van der Waals surface area (Å²) in [6.07, 6.45) is -0.295. The summed E-state index contributed by atoms with van der Waals surface area (Å²) in [6.45, 7) is 5.91. The second-order valence-corrected chi connectivity index (χ2v) is 6.15. The van der Waals surface area contributed by atoms with E-state index in [0.717, 1.165) is 0 Å². The fourth-order valence-corrected chi connectivity index (χ4v) is 3.24. The molecule has 6 nitrogen and oxygen atoms in total. The molecule has 0 saturated carbocycles. The Hall–Kier alpha value is 0.0300. The van der Waals surface area contributed by atoms with Crippen LogP contribution in [0.2, 0.25) is 0 Å². The van der Waals surface area contributed by atoms with E-state index in [0.29, 0.717) is 6.61 Å².